The minimum absolute atomic E-state index is 0.681. The maximum absolute atomic E-state index is 5.65. The van der Waals surface area contributed by atoms with Crippen LogP contribution in [0.25, 0.3) is 0 Å². The number of methoxy groups -OCH3 is 1. The average Bonchev–Trinajstić information content (AvgIpc) is 3.28. The summed E-state index contributed by atoms with van der Waals surface area (Å²) in [5.74, 6) is 2.74. The van der Waals surface area contributed by atoms with Crippen molar-refractivity contribution in [1.82, 2.24) is 24.6 Å². The molecule has 30 heavy (non-hydrogen) atoms. The third-order valence-corrected chi connectivity index (χ3v) is 6.38. The van der Waals surface area contributed by atoms with E-state index in [1.165, 1.54) is 36.1 Å². The number of benzene rings is 1. The molecule has 0 unspecified atom stereocenters. The van der Waals surface area contributed by atoms with E-state index in [1.807, 2.05) is 6.20 Å². The summed E-state index contributed by atoms with van der Waals surface area (Å²) >= 11 is 0. The summed E-state index contributed by atoms with van der Waals surface area (Å²) in [6.45, 7) is 10.6. The summed E-state index contributed by atoms with van der Waals surface area (Å²) in [6, 6.07) is 6.64. The Morgan fingerprint density at radius 2 is 2.10 bits per heavy atom. The second kappa shape index (κ2) is 9.04. The fraction of sp³-hybridized carbons (Fsp3) is 0.500. The van der Waals surface area contributed by atoms with Crippen molar-refractivity contribution in [3.05, 3.63) is 64.5 Å². The molecule has 4 rings (SSSR count). The van der Waals surface area contributed by atoms with Gasteiger partial charge in [0.05, 0.1) is 12.8 Å². The molecular formula is C24H33N5O. The molecule has 0 aliphatic carbocycles. The maximum atomic E-state index is 5.65. The second-order valence-electron chi connectivity index (χ2n) is 8.61. The summed E-state index contributed by atoms with van der Waals surface area (Å²) in [4.78, 5) is 6.97. The van der Waals surface area contributed by atoms with Gasteiger partial charge in [-0.05, 0) is 63.3 Å². The quantitative estimate of drug-likeness (QED) is 0.642. The van der Waals surface area contributed by atoms with Crippen molar-refractivity contribution < 1.29 is 4.74 Å². The van der Waals surface area contributed by atoms with E-state index >= 15 is 0 Å². The number of nitrogens with one attached hydrogen (secondary N) is 1. The van der Waals surface area contributed by atoms with Gasteiger partial charge in [-0.1, -0.05) is 12.1 Å². The molecule has 0 spiro atoms. The standard InChI is InChI=1S/C24H33N5O/c1-17-23(18(2)27-26-17)13-22-12-20(7-8-24(22)30-4)14-28-10-5-6-21(15-28)16-29-11-9-25-19(29)3/h7-9,11-12,21H,5-6,10,13-16H2,1-4H3,(H,26,27)/t21-/m0/s1. The van der Waals surface area contributed by atoms with Gasteiger partial charge in [0, 0.05) is 49.7 Å². The van der Waals surface area contributed by atoms with Crippen molar-refractivity contribution in [2.75, 3.05) is 20.2 Å². The first-order valence-corrected chi connectivity index (χ1v) is 10.9. The summed E-state index contributed by atoms with van der Waals surface area (Å²) in [6.07, 6.45) is 7.39. The van der Waals surface area contributed by atoms with E-state index in [2.05, 4.69) is 69.8 Å². The minimum atomic E-state index is 0.681. The number of nitrogens with zero attached hydrogens (tertiary/aromatic N) is 4. The highest BCUT2D eigenvalue weighted by atomic mass is 16.5. The predicted molar refractivity (Wildman–Crippen MR) is 119 cm³/mol. The van der Waals surface area contributed by atoms with E-state index in [1.54, 1.807) is 7.11 Å². The van der Waals surface area contributed by atoms with Gasteiger partial charge in [-0.25, -0.2) is 4.98 Å². The number of hydrogen-bond acceptors (Lipinski definition) is 4. The van der Waals surface area contributed by atoms with E-state index in [0.717, 1.165) is 49.0 Å². The SMILES string of the molecule is COc1ccc(CN2CCC[C@H](Cn3ccnc3C)C2)cc1Cc1c(C)n[nH]c1C. The molecule has 0 radical (unpaired) electrons. The fourth-order valence-electron chi connectivity index (χ4n) is 4.67. The zero-order chi connectivity index (χ0) is 21.1. The smallest absolute Gasteiger partial charge is 0.122 e. The van der Waals surface area contributed by atoms with Crippen LogP contribution in [0.3, 0.4) is 0 Å². The molecule has 2 aromatic heterocycles. The summed E-state index contributed by atoms with van der Waals surface area (Å²) in [5, 5.41) is 7.44. The summed E-state index contributed by atoms with van der Waals surface area (Å²) in [5.41, 5.74) is 6.04. The number of likely N-dealkylation sites (tertiary alicyclic amines) is 1. The van der Waals surface area contributed by atoms with Gasteiger partial charge in [0.25, 0.3) is 0 Å². The Labute approximate surface area is 179 Å². The van der Waals surface area contributed by atoms with Crippen molar-refractivity contribution in [3.63, 3.8) is 0 Å². The number of H-pyrrole nitrogens is 1. The first-order valence-electron chi connectivity index (χ1n) is 10.9. The van der Waals surface area contributed by atoms with Crippen molar-refractivity contribution in [3.8, 4) is 5.75 Å². The Bertz CT molecular complexity index is 970. The van der Waals surface area contributed by atoms with Crippen molar-refractivity contribution >= 4 is 0 Å². The Balaban J connectivity index is 1.45. The molecule has 6 nitrogen and oxygen atoms in total. The average molecular weight is 408 g/mol. The molecule has 3 heterocycles. The number of imidazole rings is 1. The number of ether oxygens (including phenoxy) is 1. The van der Waals surface area contributed by atoms with E-state index in [4.69, 9.17) is 4.74 Å². The number of piperidine rings is 1. The first kappa shape index (κ1) is 20.7. The zero-order valence-corrected chi connectivity index (χ0v) is 18.6. The molecular weight excluding hydrogens is 374 g/mol. The van der Waals surface area contributed by atoms with Gasteiger partial charge < -0.3 is 9.30 Å². The number of rotatable bonds is 7. The van der Waals surface area contributed by atoms with E-state index in [-0.39, 0.29) is 0 Å². The lowest BCUT2D eigenvalue weighted by Crippen LogP contribution is -2.36. The first-order chi connectivity index (χ1) is 14.5. The minimum Gasteiger partial charge on any atom is -0.496 e. The number of aromatic nitrogens is 4. The van der Waals surface area contributed by atoms with Gasteiger partial charge in [0.15, 0.2) is 0 Å². The van der Waals surface area contributed by atoms with Gasteiger partial charge in [0.1, 0.15) is 11.6 Å². The van der Waals surface area contributed by atoms with E-state index in [0.29, 0.717) is 5.92 Å². The molecule has 160 valence electrons. The Morgan fingerprint density at radius 3 is 2.80 bits per heavy atom. The molecule has 1 aromatic carbocycles. The van der Waals surface area contributed by atoms with Gasteiger partial charge >= 0.3 is 0 Å². The highest BCUT2D eigenvalue weighted by Gasteiger charge is 2.21. The van der Waals surface area contributed by atoms with Crippen molar-refractivity contribution in [1.29, 1.82) is 0 Å². The Morgan fingerprint density at radius 1 is 1.23 bits per heavy atom. The monoisotopic (exact) mass is 407 g/mol. The largest absolute Gasteiger partial charge is 0.496 e. The number of hydrogen-bond donors (Lipinski definition) is 1. The van der Waals surface area contributed by atoms with Gasteiger partial charge in [0.2, 0.25) is 0 Å². The van der Waals surface area contributed by atoms with Crippen LogP contribution >= 0.6 is 0 Å². The predicted octanol–water partition coefficient (Wildman–Crippen LogP) is 4.04. The van der Waals surface area contributed by atoms with Crippen LogP contribution in [0.4, 0.5) is 0 Å². The zero-order valence-electron chi connectivity index (χ0n) is 18.6. The van der Waals surface area contributed by atoms with Crippen LogP contribution in [0.1, 0.15) is 46.7 Å². The Hall–Kier alpha value is -2.60. The topological polar surface area (TPSA) is 59.0 Å². The molecule has 1 N–H and O–H groups in total. The van der Waals surface area contributed by atoms with Crippen LogP contribution in [0.15, 0.2) is 30.6 Å². The number of aromatic amines is 1. The number of aryl methyl sites for hydroxylation is 3. The lowest BCUT2D eigenvalue weighted by molar-refractivity contribution is 0.155. The van der Waals surface area contributed by atoms with Crippen molar-refractivity contribution in [2.24, 2.45) is 5.92 Å². The van der Waals surface area contributed by atoms with Crippen LogP contribution in [0.2, 0.25) is 0 Å². The molecule has 0 saturated carbocycles. The molecule has 1 atom stereocenters. The summed E-state index contributed by atoms with van der Waals surface area (Å²) < 4.78 is 7.94. The van der Waals surface area contributed by atoms with E-state index < -0.39 is 0 Å². The normalized spacial score (nSPS) is 17.4. The highest BCUT2D eigenvalue weighted by molar-refractivity contribution is 5.42. The molecule has 1 aliphatic rings. The molecule has 0 bridgehead atoms. The fourth-order valence-corrected chi connectivity index (χ4v) is 4.67. The highest BCUT2D eigenvalue weighted by Crippen LogP contribution is 2.27. The van der Waals surface area contributed by atoms with Crippen molar-refractivity contribution in [2.45, 2.75) is 53.1 Å². The molecule has 1 saturated heterocycles. The molecule has 0 amide bonds. The van der Waals surface area contributed by atoms with Gasteiger partial charge in [-0.2, -0.15) is 5.10 Å². The molecule has 6 heteroatoms. The molecule has 1 fully saturated rings. The lowest BCUT2D eigenvalue weighted by Gasteiger charge is -2.33. The third-order valence-electron chi connectivity index (χ3n) is 6.38. The third kappa shape index (κ3) is 4.59. The van der Waals surface area contributed by atoms with Gasteiger partial charge in [-0.15, -0.1) is 0 Å². The van der Waals surface area contributed by atoms with Crippen LogP contribution in [0.5, 0.6) is 5.75 Å². The lowest BCUT2D eigenvalue weighted by atomic mass is 9.96. The second-order valence-corrected chi connectivity index (χ2v) is 8.61. The van der Waals surface area contributed by atoms with Crippen LogP contribution < -0.4 is 4.74 Å². The molecule has 1 aliphatic heterocycles. The maximum Gasteiger partial charge on any atom is 0.122 e. The van der Waals surface area contributed by atoms with Crippen LogP contribution in [-0.2, 0) is 19.5 Å². The van der Waals surface area contributed by atoms with Gasteiger partial charge in [-0.3, -0.25) is 10.00 Å². The van der Waals surface area contributed by atoms with Crippen LogP contribution in [0, 0.1) is 26.7 Å². The Kier molecular flexibility index (Phi) is 6.23. The molecule has 3 aromatic rings. The van der Waals surface area contributed by atoms with Crippen LogP contribution in [-0.4, -0.2) is 44.8 Å². The summed E-state index contributed by atoms with van der Waals surface area (Å²) in [7, 11) is 1.75. The van der Waals surface area contributed by atoms with E-state index in [9.17, 15) is 0 Å².